The molecule has 6 aliphatic rings. The number of benzene rings is 4. The molecule has 0 spiro atoms. The molecule has 22 nitrogen and oxygen atoms in total. The van der Waals surface area contributed by atoms with Gasteiger partial charge in [-0.25, -0.2) is 42.7 Å². The van der Waals surface area contributed by atoms with E-state index in [1.54, 1.807) is 27.1 Å². The quantitative estimate of drug-likeness (QED) is 0.0602. The third kappa shape index (κ3) is 13.6. The lowest BCUT2D eigenvalue weighted by atomic mass is 9.95. The van der Waals surface area contributed by atoms with Gasteiger partial charge in [-0.3, -0.25) is 24.6 Å². The van der Waals surface area contributed by atoms with Gasteiger partial charge in [0.25, 0.3) is 0 Å². The summed E-state index contributed by atoms with van der Waals surface area (Å²) in [5.41, 5.74) is 4.01. The average Bonchev–Trinajstić information content (AvgIpc) is 1.32. The average molecular weight is 1310 g/mol. The topological polar surface area (TPSA) is 255 Å². The summed E-state index contributed by atoms with van der Waals surface area (Å²) in [5, 5.41) is 31.3. The van der Waals surface area contributed by atoms with Crippen molar-refractivity contribution in [2.45, 2.75) is 49.1 Å². The van der Waals surface area contributed by atoms with Crippen LogP contribution in [-0.2, 0) is 35.1 Å². The number of piperazine rings is 2. The SMILES string of the molecule is COC(=O)C1=C(CN2CCN3C(=O)N(C(CC(=O)O)c4ccccc4)C[C@@H]3C2)NC(c2nccs2)=N[C@H]1c1ccc(F)cc1Cl.COC(=O)C1=C(CN2CCN3C(=O)N([C@H](Cc4ccccc4)C(=O)O)CC3C2)NC(c2nccs2)=N[C@H]1c1ccc(F)cc1Cl. The van der Waals surface area contributed by atoms with E-state index >= 15 is 0 Å². The molecule has 4 aromatic carbocycles. The predicted octanol–water partition coefficient (Wildman–Crippen LogP) is 7.66. The monoisotopic (exact) mass is 1300 g/mol. The fraction of sp³-hybridized carbons (Fsp3) is 0.323. The molecule has 0 radical (unpaired) electrons. The second-order valence-corrected chi connectivity index (χ2v) is 24.5. The first kappa shape index (κ1) is 62.9. The molecule has 0 aliphatic carbocycles. The van der Waals surface area contributed by atoms with Gasteiger partial charge in [-0.15, -0.1) is 22.7 Å². The van der Waals surface area contributed by atoms with Gasteiger partial charge in [-0.05, 0) is 35.4 Å². The van der Waals surface area contributed by atoms with Gasteiger partial charge in [-0.2, -0.15) is 0 Å². The summed E-state index contributed by atoms with van der Waals surface area (Å²) in [6.45, 7) is 3.93. The smallest absolute Gasteiger partial charge is 0.338 e. The number of nitrogens with zero attached hydrogens (tertiary/aromatic N) is 10. The number of amidine groups is 2. The molecule has 4 saturated heterocycles. The summed E-state index contributed by atoms with van der Waals surface area (Å²) in [4.78, 5) is 107. The summed E-state index contributed by atoms with van der Waals surface area (Å²) in [5.74, 6) is -3.41. The largest absolute Gasteiger partial charge is 0.481 e. The minimum absolute atomic E-state index is 0.117. The highest BCUT2D eigenvalue weighted by molar-refractivity contribution is 7.12. The summed E-state index contributed by atoms with van der Waals surface area (Å²) in [6, 6.07) is 22.1. The number of fused-ring (bicyclic) bond motifs is 2. The predicted molar refractivity (Wildman–Crippen MR) is 331 cm³/mol. The van der Waals surface area contributed by atoms with Crippen molar-refractivity contribution in [2.24, 2.45) is 9.98 Å². The standard InChI is InChI=1S/2C31H30ClFN6O5S/c1-44-30(42)26-23(35-28(29-34-9-12-45-29)36-27(26)21-8-7-19(33)13-22(21)32)17-37-10-11-38-20(15-37)16-39(31(38)43)24(14-25(40)41)18-5-3-2-4-6-18;1-44-30(42)25-23(35-27(28-34-9-12-45-28)36-26(25)21-8-7-19(33)14-22(21)32)17-37-10-11-38-20(15-37)16-39(31(38)43)24(29(40)41)13-18-5-3-2-4-6-18/h2-9,12-13,20,24,27H,10-11,14-17H2,1H3,(H,35,36)(H,40,41);2-9,12,14,20,24,26H,10-11,13,15-17H2,1H3,(H,35,36)(H,40,41)/t20-,24?,27-;20?,24-,26+/m01/s1. The highest BCUT2D eigenvalue weighted by Crippen LogP contribution is 2.40. The summed E-state index contributed by atoms with van der Waals surface area (Å²) in [6.07, 6.45) is 3.30. The van der Waals surface area contributed by atoms with Gasteiger partial charge < -0.3 is 49.9 Å². The number of nitrogens with one attached hydrogen (secondary N) is 2. The Bertz CT molecular complexity index is 3830. The van der Waals surface area contributed by atoms with Crippen molar-refractivity contribution in [3.63, 3.8) is 0 Å². The van der Waals surface area contributed by atoms with E-state index in [1.807, 2.05) is 71.4 Å². The van der Waals surface area contributed by atoms with Crippen molar-refractivity contribution < 1.29 is 57.2 Å². The van der Waals surface area contributed by atoms with Gasteiger partial charge in [0.1, 0.15) is 29.8 Å². The first-order valence-electron chi connectivity index (χ1n) is 28.6. The number of hydrogen-bond donors (Lipinski definition) is 4. The summed E-state index contributed by atoms with van der Waals surface area (Å²) >= 11 is 15.7. The third-order valence-electron chi connectivity index (χ3n) is 16.4. The zero-order valence-corrected chi connectivity index (χ0v) is 51.6. The van der Waals surface area contributed by atoms with Crippen LogP contribution in [0.4, 0.5) is 18.4 Å². The molecular weight excluding hydrogens is 1250 g/mol. The second-order valence-electron chi connectivity index (χ2n) is 21.9. The highest BCUT2D eigenvalue weighted by Gasteiger charge is 2.47. The fourth-order valence-electron chi connectivity index (χ4n) is 12.2. The van der Waals surface area contributed by atoms with Crippen LogP contribution >= 0.6 is 45.9 Å². The van der Waals surface area contributed by atoms with Gasteiger partial charge in [0.05, 0.1) is 49.9 Å². The van der Waals surface area contributed by atoms with Gasteiger partial charge >= 0.3 is 35.9 Å². The number of rotatable bonds is 18. The van der Waals surface area contributed by atoms with Gasteiger partial charge in [0.15, 0.2) is 21.7 Å². The van der Waals surface area contributed by atoms with E-state index in [9.17, 15) is 47.8 Å². The fourth-order valence-corrected chi connectivity index (χ4v) is 13.9. The van der Waals surface area contributed by atoms with Crippen molar-refractivity contribution in [3.8, 4) is 0 Å². The number of aliphatic imine (C=N–C) groups is 2. The first-order valence-corrected chi connectivity index (χ1v) is 31.1. The molecule has 8 heterocycles. The molecule has 6 aromatic rings. The number of hydrogen-bond acceptors (Lipinski definition) is 18. The zero-order chi connectivity index (χ0) is 63.3. The van der Waals surface area contributed by atoms with E-state index in [1.165, 1.54) is 78.2 Å². The van der Waals surface area contributed by atoms with Crippen molar-refractivity contribution in [1.29, 1.82) is 0 Å². The molecule has 6 aliphatic heterocycles. The summed E-state index contributed by atoms with van der Waals surface area (Å²) in [7, 11) is 2.57. The molecule has 468 valence electrons. The number of carbonyl (C=O) groups is 6. The van der Waals surface area contributed by atoms with E-state index in [4.69, 9.17) is 42.7 Å². The van der Waals surface area contributed by atoms with Crippen LogP contribution in [0.1, 0.15) is 56.8 Å². The highest BCUT2D eigenvalue weighted by atomic mass is 35.5. The number of carboxylic acids is 2. The second kappa shape index (κ2) is 27.6. The number of amides is 4. The molecule has 0 saturated carbocycles. The molecule has 28 heteroatoms. The Morgan fingerprint density at radius 3 is 1.54 bits per heavy atom. The number of carbonyl (C=O) groups excluding carboxylic acids is 4. The van der Waals surface area contributed by atoms with Crippen LogP contribution in [0.2, 0.25) is 10.0 Å². The van der Waals surface area contributed by atoms with Crippen LogP contribution in [0.3, 0.4) is 0 Å². The zero-order valence-electron chi connectivity index (χ0n) is 48.5. The minimum Gasteiger partial charge on any atom is -0.481 e. The molecule has 2 aromatic heterocycles. The Morgan fingerprint density at radius 2 is 1.11 bits per heavy atom. The molecule has 4 fully saturated rings. The van der Waals surface area contributed by atoms with Gasteiger partial charge in [0, 0.05) is 128 Å². The number of carboxylic acid groups (broad SMARTS) is 2. The lowest BCUT2D eigenvalue weighted by Gasteiger charge is -2.38. The van der Waals surface area contributed by atoms with E-state index in [0.29, 0.717) is 96.6 Å². The number of esters is 2. The maximum Gasteiger partial charge on any atom is 0.338 e. The van der Waals surface area contributed by atoms with Crippen LogP contribution in [0.5, 0.6) is 0 Å². The Morgan fingerprint density at radius 1 is 0.644 bits per heavy atom. The number of thiazole rings is 2. The maximum atomic E-state index is 14.0. The number of urea groups is 2. The van der Waals surface area contributed by atoms with Crippen molar-refractivity contribution >= 4 is 93.5 Å². The third-order valence-corrected chi connectivity index (χ3v) is 18.6. The molecule has 90 heavy (non-hydrogen) atoms. The van der Waals surface area contributed by atoms with E-state index < -0.39 is 59.7 Å². The molecule has 4 N–H and O–H groups in total. The Kier molecular flexibility index (Phi) is 19.3. The molecule has 12 rings (SSSR count). The van der Waals surface area contributed by atoms with E-state index in [0.717, 1.165) is 11.1 Å². The number of halogens is 4. The molecule has 6 atom stereocenters. The lowest BCUT2D eigenvalue weighted by Crippen LogP contribution is -2.53. The van der Waals surface area contributed by atoms with Gasteiger partial charge in [-0.1, -0.05) is 96.0 Å². The van der Waals surface area contributed by atoms with Crippen LogP contribution in [0.25, 0.3) is 0 Å². The van der Waals surface area contributed by atoms with Crippen molar-refractivity contribution in [3.05, 3.63) is 197 Å². The van der Waals surface area contributed by atoms with Gasteiger partial charge in [0.2, 0.25) is 0 Å². The minimum atomic E-state index is -1.05. The number of aromatic nitrogens is 2. The molecule has 2 unspecified atom stereocenters. The molecule has 0 bridgehead atoms. The first-order chi connectivity index (χ1) is 43.5. The summed E-state index contributed by atoms with van der Waals surface area (Å²) < 4.78 is 38.3. The normalized spacial score (nSPS) is 20.9. The number of ether oxygens (including phenoxy) is 2. The Balaban J connectivity index is 0.000000185. The maximum absolute atomic E-state index is 14.0. The number of aliphatic carboxylic acids is 2. The van der Waals surface area contributed by atoms with Crippen molar-refractivity contribution in [2.75, 3.05) is 79.7 Å². The van der Waals surface area contributed by atoms with Crippen LogP contribution in [-0.4, -0.2) is 195 Å². The Hall–Kier alpha value is -8.66. The number of methoxy groups -OCH3 is 2. The van der Waals surface area contributed by atoms with Crippen LogP contribution in [0, 0.1) is 11.6 Å². The van der Waals surface area contributed by atoms with Crippen LogP contribution in [0.15, 0.2) is 153 Å². The van der Waals surface area contributed by atoms with E-state index in [2.05, 4.69) is 30.4 Å². The van der Waals surface area contributed by atoms with Crippen molar-refractivity contribution in [1.82, 2.24) is 50.0 Å². The van der Waals surface area contributed by atoms with Crippen LogP contribution < -0.4 is 10.6 Å². The van der Waals surface area contributed by atoms with E-state index in [-0.39, 0.29) is 71.3 Å². The molecule has 4 amide bonds. The lowest BCUT2D eigenvalue weighted by molar-refractivity contribution is -0.142. The molecular formula is C62H60Cl2F2N12O10S2. The Labute approximate surface area is 533 Å².